The van der Waals surface area contributed by atoms with Gasteiger partial charge in [0.2, 0.25) is 16.9 Å². The van der Waals surface area contributed by atoms with E-state index in [0.29, 0.717) is 9.47 Å². The number of thioether (sulfide) groups is 1. The minimum Gasteiger partial charge on any atom is -0.462 e. The van der Waals surface area contributed by atoms with Gasteiger partial charge in [0.05, 0.1) is 12.4 Å². The van der Waals surface area contributed by atoms with Crippen LogP contribution in [0.1, 0.15) is 39.0 Å². The molecular formula is C20H21N5O5S2. The highest BCUT2D eigenvalue weighted by Crippen LogP contribution is 2.30. The maximum atomic E-state index is 12.4. The molecule has 2 amide bonds. The molecule has 0 spiro atoms. The standard InChI is InChI=1S/C20H21N5O5S2/c1-4-29-18(28)14-11(3)30-17(15(14)16(21)27)23-13(26)9-31-20-25-24-19(32-20)22-12-7-5-6-10(2)8-12/h5-8H,4,9H2,1-3H3,(H2,21,27)(H,22,24)(H,23,26). The third kappa shape index (κ3) is 5.65. The molecule has 1 aromatic carbocycles. The smallest absolute Gasteiger partial charge is 0.342 e. The summed E-state index contributed by atoms with van der Waals surface area (Å²) in [7, 11) is 0. The van der Waals surface area contributed by atoms with E-state index in [9.17, 15) is 14.4 Å². The highest BCUT2D eigenvalue weighted by Gasteiger charge is 2.29. The molecule has 0 fully saturated rings. The summed E-state index contributed by atoms with van der Waals surface area (Å²) in [6.07, 6.45) is 0. The first-order valence-electron chi connectivity index (χ1n) is 9.48. The lowest BCUT2D eigenvalue weighted by molar-refractivity contribution is -0.113. The number of anilines is 3. The molecule has 0 atom stereocenters. The van der Waals surface area contributed by atoms with Crippen molar-refractivity contribution < 1.29 is 23.5 Å². The minimum atomic E-state index is -0.913. The number of hydrogen-bond donors (Lipinski definition) is 3. The van der Waals surface area contributed by atoms with Crippen LogP contribution in [0.15, 0.2) is 33.0 Å². The number of nitrogens with one attached hydrogen (secondary N) is 2. The first-order valence-corrected chi connectivity index (χ1v) is 11.3. The number of rotatable bonds is 9. The van der Waals surface area contributed by atoms with Crippen LogP contribution in [-0.2, 0) is 9.53 Å². The number of amides is 2. The van der Waals surface area contributed by atoms with E-state index in [-0.39, 0.29) is 35.1 Å². The monoisotopic (exact) mass is 475 g/mol. The third-order valence-corrected chi connectivity index (χ3v) is 6.04. The summed E-state index contributed by atoms with van der Waals surface area (Å²) >= 11 is 2.46. The molecule has 4 N–H and O–H groups in total. The average Bonchev–Trinajstić information content (AvgIpc) is 3.30. The second kappa shape index (κ2) is 10.3. The fourth-order valence-corrected chi connectivity index (χ4v) is 4.34. The SMILES string of the molecule is CCOC(=O)c1c(C)oc(NC(=O)CSc2nnc(Nc3cccc(C)c3)s2)c1C(N)=O. The van der Waals surface area contributed by atoms with Crippen LogP contribution in [0.4, 0.5) is 16.7 Å². The number of nitrogens with two attached hydrogens (primary N) is 1. The van der Waals surface area contributed by atoms with Crippen molar-refractivity contribution >= 4 is 57.6 Å². The van der Waals surface area contributed by atoms with Crippen LogP contribution < -0.4 is 16.4 Å². The van der Waals surface area contributed by atoms with Crippen molar-refractivity contribution in [3.8, 4) is 0 Å². The van der Waals surface area contributed by atoms with Crippen molar-refractivity contribution in [3.05, 3.63) is 46.7 Å². The number of primary amides is 1. The number of esters is 1. The van der Waals surface area contributed by atoms with Gasteiger partial charge in [-0.2, -0.15) is 0 Å². The molecule has 2 heterocycles. The Labute approximate surface area is 191 Å². The molecule has 10 nitrogen and oxygen atoms in total. The van der Waals surface area contributed by atoms with Crippen LogP contribution in [0, 0.1) is 13.8 Å². The van der Waals surface area contributed by atoms with Crippen LogP contribution in [0.25, 0.3) is 0 Å². The van der Waals surface area contributed by atoms with Crippen molar-refractivity contribution in [2.75, 3.05) is 23.0 Å². The number of ether oxygens (including phenoxy) is 1. The summed E-state index contributed by atoms with van der Waals surface area (Å²) in [5, 5.41) is 14.4. The Morgan fingerprint density at radius 3 is 2.69 bits per heavy atom. The van der Waals surface area contributed by atoms with Crippen molar-refractivity contribution in [2.45, 2.75) is 25.1 Å². The Bertz CT molecular complexity index is 1160. The van der Waals surface area contributed by atoms with Gasteiger partial charge < -0.3 is 20.2 Å². The fourth-order valence-electron chi connectivity index (χ4n) is 2.77. The van der Waals surface area contributed by atoms with Crippen LogP contribution in [-0.4, -0.2) is 40.3 Å². The quantitative estimate of drug-likeness (QED) is 0.312. The number of carbonyl (C=O) groups excluding carboxylic acids is 3. The van der Waals surface area contributed by atoms with Gasteiger partial charge in [-0.05, 0) is 38.5 Å². The summed E-state index contributed by atoms with van der Waals surface area (Å²) < 4.78 is 10.9. The number of aromatic nitrogens is 2. The van der Waals surface area contributed by atoms with E-state index in [2.05, 4.69) is 20.8 Å². The zero-order valence-electron chi connectivity index (χ0n) is 17.6. The summed E-state index contributed by atoms with van der Waals surface area (Å²) in [6.45, 7) is 5.22. The first-order chi connectivity index (χ1) is 15.3. The topological polar surface area (TPSA) is 149 Å². The maximum absolute atomic E-state index is 12.4. The second-order valence-corrected chi connectivity index (χ2v) is 8.73. The van der Waals surface area contributed by atoms with Gasteiger partial charge in [0.15, 0.2) is 4.34 Å². The average molecular weight is 476 g/mol. The van der Waals surface area contributed by atoms with Crippen LogP contribution in [0.3, 0.4) is 0 Å². The van der Waals surface area contributed by atoms with Crippen LogP contribution in [0.2, 0.25) is 0 Å². The zero-order valence-corrected chi connectivity index (χ0v) is 19.2. The van der Waals surface area contributed by atoms with Crippen molar-refractivity contribution in [2.24, 2.45) is 5.73 Å². The molecule has 0 unspecified atom stereocenters. The number of nitrogens with zero attached hydrogens (tertiary/aromatic N) is 2. The Hall–Kier alpha value is -3.38. The first kappa shape index (κ1) is 23.3. The summed E-state index contributed by atoms with van der Waals surface area (Å²) in [5.74, 6) is -2.22. The largest absolute Gasteiger partial charge is 0.462 e. The minimum absolute atomic E-state index is 0.0221. The van der Waals surface area contributed by atoms with E-state index in [1.54, 1.807) is 6.92 Å². The Kier molecular flexibility index (Phi) is 7.49. The van der Waals surface area contributed by atoms with E-state index in [4.69, 9.17) is 14.9 Å². The summed E-state index contributed by atoms with van der Waals surface area (Å²) in [4.78, 5) is 36.4. The molecule has 3 aromatic rings. The fraction of sp³-hybridized carbons (Fsp3) is 0.250. The molecule has 2 aromatic heterocycles. The van der Waals surface area contributed by atoms with Gasteiger partial charge >= 0.3 is 5.97 Å². The van der Waals surface area contributed by atoms with Crippen molar-refractivity contribution in [3.63, 3.8) is 0 Å². The Morgan fingerprint density at radius 2 is 2.00 bits per heavy atom. The normalized spacial score (nSPS) is 10.6. The van der Waals surface area contributed by atoms with Gasteiger partial charge in [0.1, 0.15) is 16.9 Å². The molecule has 0 aliphatic carbocycles. The lowest BCUT2D eigenvalue weighted by Gasteiger charge is -2.04. The van der Waals surface area contributed by atoms with Crippen LogP contribution in [0.5, 0.6) is 0 Å². The lowest BCUT2D eigenvalue weighted by Crippen LogP contribution is -2.21. The predicted octanol–water partition coefficient (Wildman–Crippen LogP) is 3.50. The molecule has 32 heavy (non-hydrogen) atoms. The van der Waals surface area contributed by atoms with Gasteiger partial charge in [-0.15, -0.1) is 10.2 Å². The Morgan fingerprint density at radius 1 is 1.22 bits per heavy atom. The molecule has 0 aliphatic heterocycles. The van der Waals surface area contributed by atoms with E-state index >= 15 is 0 Å². The molecule has 168 valence electrons. The van der Waals surface area contributed by atoms with E-state index in [0.717, 1.165) is 11.3 Å². The van der Waals surface area contributed by atoms with Gasteiger partial charge in [0, 0.05) is 5.69 Å². The molecule has 3 rings (SSSR count). The third-order valence-electron chi connectivity index (χ3n) is 4.07. The van der Waals surface area contributed by atoms with Gasteiger partial charge in [0.25, 0.3) is 5.91 Å². The number of furan rings is 1. The van der Waals surface area contributed by atoms with Crippen molar-refractivity contribution in [1.82, 2.24) is 10.2 Å². The molecule has 0 saturated carbocycles. The van der Waals surface area contributed by atoms with Gasteiger partial charge in [-0.1, -0.05) is 35.2 Å². The van der Waals surface area contributed by atoms with Crippen molar-refractivity contribution in [1.29, 1.82) is 0 Å². The van der Waals surface area contributed by atoms with Crippen LogP contribution >= 0.6 is 23.1 Å². The molecule has 12 heteroatoms. The van der Waals surface area contributed by atoms with E-state index in [1.807, 2.05) is 31.2 Å². The number of carbonyl (C=O) groups is 3. The van der Waals surface area contributed by atoms with E-state index < -0.39 is 17.8 Å². The number of benzene rings is 1. The lowest BCUT2D eigenvalue weighted by atomic mass is 10.1. The highest BCUT2D eigenvalue weighted by molar-refractivity contribution is 8.01. The zero-order chi connectivity index (χ0) is 23.3. The second-order valence-electron chi connectivity index (χ2n) is 6.53. The van der Waals surface area contributed by atoms with Gasteiger partial charge in [-0.3, -0.25) is 14.9 Å². The number of hydrogen-bond acceptors (Lipinski definition) is 10. The molecule has 0 radical (unpaired) electrons. The highest BCUT2D eigenvalue weighted by atomic mass is 32.2. The summed E-state index contributed by atoms with van der Waals surface area (Å²) in [6, 6.07) is 7.82. The molecular weight excluding hydrogens is 454 g/mol. The molecule has 0 bridgehead atoms. The predicted molar refractivity (Wildman–Crippen MR) is 122 cm³/mol. The Balaban J connectivity index is 1.63. The maximum Gasteiger partial charge on any atom is 0.342 e. The number of aryl methyl sites for hydroxylation is 2. The van der Waals surface area contributed by atoms with Gasteiger partial charge in [-0.25, -0.2) is 4.79 Å². The van der Waals surface area contributed by atoms with E-state index in [1.165, 1.54) is 30.0 Å². The summed E-state index contributed by atoms with van der Waals surface area (Å²) in [5.41, 5.74) is 7.07. The molecule has 0 aliphatic rings. The molecule has 0 saturated heterocycles.